The summed E-state index contributed by atoms with van der Waals surface area (Å²) in [6.45, 7) is 1.78. The molecule has 0 saturated carbocycles. The van der Waals surface area contributed by atoms with Crippen molar-refractivity contribution in [1.29, 1.82) is 0 Å². The van der Waals surface area contributed by atoms with Gasteiger partial charge in [-0.05, 0) is 46.7 Å². The number of thioether (sulfide) groups is 1. The summed E-state index contributed by atoms with van der Waals surface area (Å²) in [4.78, 5) is 50.6. The molecule has 4 rings (SSSR count). The Kier molecular flexibility index (Phi) is 6.78. The van der Waals surface area contributed by atoms with E-state index in [0.717, 1.165) is 0 Å². The maximum absolute atomic E-state index is 13.1. The molecule has 0 spiro atoms. The second-order valence-electron chi connectivity index (χ2n) is 7.64. The van der Waals surface area contributed by atoms with Gasteiger partial charge >= 0.3 is 6.03 Å². The van der Waals surface area contributed by atoms with Crippen LogP contribution in [0.25, 0.3) is 0 Å². The van der Waals surface area contributed by atoms with E-state index in [9.17, 15) is 19.2 Å². The number of nitrogens with zero attached hydrogens (tertiary/aromatic N) is 5. The molecule has 0 aliphatic carbocycles. The molecule has 2 aromatic carbocycles. The van der Waals surface area contributed by atoms with Gasteiger partial charge in [0.15, 0.2) is 0 Å². The number of anilines is 1. The smallest absolute Gasteiger partial charge is 0.325 e. The van der Waals surface area contributed by atoms with Gasteiger partial charge in [0.25, 0.3) is 11.8 Å². The fraction of sp³-hybridized carbons (Fsp3) is 0.227. The Morgan fingerprint density at radius 3 is 2.43 bits per heavy atom. The third-order valence-electron chi connectivity index (χ3n) is 5.45. The summed E-state index contributed by atoms with van der Waals surface area (Å²) < 4.78 is 1.46. The number of imide groups is 1. The number of hydrogen-bond acceptors (Lipinski definition) is 8. The van der Waals surface area contributed by atoms with Crippen molar-refractivity contribution in [3.8, 4) is 0 Å². The van der Waals surface area contributed by atoms with Crippen LogP contribution in [0.15, 0.2) is 59.8 Å². The molecule has 1 fully saturated rings. The maximum atomic E-state index is 13.1. The van der Waals surface area contributed by atoms with Gasteiger partial charge in [-0.15, -0.1) is 5.10 Å². The Balaban J connectivity index is 1.37. The fourth-order valence-corrected chi connectivity index (χ4v) is 4.23. The van der Waals surface area contributed by atoms with Gasteiger partial charge in [-0.3, -0.25) is 19.8 Å². The molecule has 1 aromatic heterocycles. The van der Waals surface area contributed by atoms with Crippen LogP contribution >= 0.6 is 11.8 Å². The number of amides is 5. The summed E-state index contributed by atoms with van der Waals surface area (Å²) in [6, 6.07) is 14.2. The molecule has 1 aliphatic heterocycles. The van der Waals surface area contributed by atoms with Gasteiger partial charge < -0.3 is 10.6 Å². The number of tetrazole rings is 1. The Morgan fingerprint density at radius 1 is 1.09 bits per heavy atom. The third kappa shape index (κ3) is 4.84. The molecule has 180 valence electrons. The Labute approximate surface area is 204 Å². The van der Waals surface area contributed by atoms with Gasteiger partial charge in [0.2, 0.25) is 11.1 Å². The van der Waals surface area contributed by atoms with Crippen molar-refractivity contribution in [2.75, 3.05) is 11.1 Å². The first kappa shape index (κ1) is 23.9. The van der Waals surface area contributed by atoms with Crippen molar-refractivity contribution in [3.05, 3.63) is 65.7 Å². The summed E-state index contributed by atoms with van der Waals surface area (Å²) >= 11 is 1.18. The first-order chi connectivity index (χ1) is 16.8. The number of carbonyl (C=O) groups is 4. The predicted molar refractivity (Wildman–Crippen MR) is 126 cm³/mol. The van der Waals surface area contributed by atoms with Crippen LogP contribution < -0.4 is 16.1 Å². The maximum Gasteiger partial charge on any atom is 0.344 e. The number of aryl methyl sites for hydroxylation is 1. The highest BCUT2D eigenvalue weighted by Gasteiger charge is 2.52. The Bertz CT molecular complexity index is 1260. The van der Waals surface area contributed by atoms with Crippen LogP contribution in [0.1, 0.15) is 29.3 Å². The summed E-state index contributed by atoms with van der Waals surface area (Å²) in [7, 11) is 1.67. The zero-order chi connectivity index (χ0) is 25.0. The normalized spacial score (nSPS) is 17.3. The lowest BCUT2D eigenvalue weighted by molar-refractivity contribution is -0.133. The van der Waals surface area contributed by atoms with Gasteiger partial charge in [0.05, 0.1) is 5.75 Å². The molecule has 5 amide bonds. The van der Waals surface area contributed by atoms with Gasteiger partial charge in [-0.1, -0.05) is 49.0 Å². The van der Waals surface area contributed by atoms with E-state index in [1.54, 1.807) is 50.4 Å². The minimum absolute atomic E-state index is 0.100. The van der Waals surface area contributed by atoms with E-state index >= 15 is 0 Å². The molecule has 13 heteroatoms. The van der Waals surface area contributed by atoms with E-state index in [0.29, 0.717) is 27.8 Å². The molecule has 0 bridgehead atoms. The van der Waals surface area contributed by atoms with Crippen LogP contribution in [0.4, 0.5) is 10.5 Å². The highest BCUT2D eigenvalue weighted by Crippen LogP contribution is 2.31. The lowest BCUT2D eigenvalue weighted by Gasteiger charge is -2.25. The van der Waals surface area contributed by atoms with Crippen LogP contribution in [0.2, 0.25) is 0 Å². The van der Waals surface area contributed by atoms with Gasteiger partial charge in [0, 0.05) is 18.3 Å². The van der Waals surface area contributed by atoms with Gasteiger partial charge in [0.1, 0.15) is 5.54 Å². The van der Waals surface area contributed by atoms with Crippen LogP contribution in [0.3, 0.4) is 0 Å². The highest BCUT2D eigenvalue weighted by molar-refractivity contribution is 7.99. The molecule has 35 heavy (non-hydrogen) atoms. The average Bonchev–Trinajstić information content (AvgIpc) is 3.39. The number of hydrogen-bond donors (Lipinski definition) is 3. The molecule has 1 atom stereocenters. The van der Waals surface area contributed by atoms with Crippen LogP contribution in [-0.4, -0.2) is 54.7 Å². The monoisotopic (exact) mass is 494 g/mol. The lowest BCUT2D eigenvalue weighted by atomic mass is 9.87. The Morgan fingerprint density at radius 2 is 1.80 bits per heavy atom. The number of rotatable bonds is 8. The van der Waals surface area contributed by atoms with Crippen molar-refractivity contribution in [2.24, 2.45) is 7.05 Å². The molecule has 12 nitrogen and oxygen atoms in total. The zero-order valence-electron chi connectivity index (χ0n) is 18.9. The Hall–Kier alpha value is -4.26. The number of nitrogens with one attached hydrogen (secondary N) is 3. The van der Waals surface area contributed by atoms with Crippen molar-refractivity contribution >= 4 is 41.2 Å². The van der Waals surface area contributed by atoms with E-state index in [2.05, 4.69) is 31.6 Å². The van der Waals surface area contributed by atoms with Crippen LogP contribution in [0.5, 0.6) is 0 Å². The molecular formula is C22H22N8O4S. The quantitative estimate of drug-likeness (QED) is 0.314. The fourth-order valence-electron chi connectivity index (χ4n) is 3.58. The summed E-state index contributed by atoms with van der Waals surface area (Å²) in [5, 5.41) is 17.6. The summed E-state index contributed by atoms with van der Waals surface area (Å²) in [5.74, 6) is -1.38. The number of carbonyl (C=O) groups excluding carboxylic acids is 4. The molecule has 1 aliphatic rings. The van der Waals surface area contributed by atoms with Crippen LogP contribution in [0, 0.1) is 0 Å². The second-order valence-corrected chi connectivity index (χ2v) is 8.58. The third-order valence-corrected chi connectivity index (χ3v) is 6.46. The van der Waals surface area contributed by atoms with E-state index in [1.807, 2.05) is 6.07 Å². The SMILES string of the molecule is CC[C@]1(c2ccccc2)NC(=O)N(NC(=O)c2ccc(NC(=O)CSc3nnnn3C)cc2)C1=O. The first-order valence-corrected chi connectivity index (χ1v) is 11.6. The standard InChI is InChI=1S/C22H22N8O4S/c1-3-22(15-7-5-4-6-8-15)19(33)30(20(34)24-22)26-18(32)14-9-11-16(12-10-14)23-17(31)13-35-21-25-27-28-29(21)2/h4-12H,3,13H2,1-2H3,(H,23,31)(H,24,34)(H,26,32)/t22-/m1/s1. The van der Waals surface area contributed by atoms with E-state index in [-0.39, 0.29) is 17.2 Å². The van der Waals surface area contributed by atoms with Crippen molar-refractivity contribution < 1.29 is 19.2 Å². The molecule has 3 N–H and O–H groups in total. The molecule has 1 saturated heterocycles. The van der Waals surface area contributed by atoms with Crippen molar-refractivity contribution in [2.45, 2.75) is 24.0 Å². The van der Waals surface area contributed by atoms with Crippen molar-refractivity contribution in [1.82, 2.24) is 36.0 Å². The zero-order valence-corrected chi connectivity index (χ0v) is 19.7. The minimum atomic E-state index is -1.25. The van der Waals surface area contributed by atoms with Gasteiger partial charge in [-0.2, -0.15) is 5.01 Å². The number of aromatic nitrogens is 4. The largest absolute Gasteiger partial charge is 0.344 e. The summed E-state index contributed by atoms with van der Waals surface area (Å²) in [5.41, 5.74) is 2.44. The predicted octanol–water partition coefficient (Wildman–Crippen LogP) is 1.44. The van der Waals surface area contributed by atoms with E-state index in [1.165, 1.54) is 28.6 Å². The van der Waals surface area contributed by atoms with E-state index in [4.69, 9.17) is 0 Å². The summed E-state index contributed by atoms with van der Waals surface area (Å²) in [6.07, 6.45) is 0.313. The molecule has 2 heterocycles. The topological polar surface area (TPSA) is 151 Å². The first-order valence-electron chi connectivity index (χ1n) is 10.6. The highest BCUT2D eigenvalue weighted by atomic mass is 32.2. The molecule has 0 unspecified atom stereocenters. The minimum Gasteiger partial charge on any atom is -0.325 e. The molecule has 3 aromatic rings. The number of benzene rings is 2. The lowest BCUT2D eigenvalue weighted by Crippen LogP contribution is -2.48. The number of urea groups is 1. The van der Waals surface area contributed by atoms with Crippen LogP contribution in [-0.2, 0) is 22.2 Å². The van der Waals surface area contributed by atoms with Gasteiger partial charge in [-0.25, -0.2) is 9.48 Å². The molecular weight excluding hydrogens is 472 g/mol. The van der Waals surface area contributed by atoms with E-state index < -0.39 is 23.4 Å². The number of hydrazine groups is 1. The van der Waals surface area contributed by atoms with Crippen molar-refractivity contribution in [3.63, 3.8) is 0 Å². The second kappa shape index (κ2) is 9.93. The molecule has 0 radical (unpaired) electrons. The average molecular weight is 495 g/mol.